The maximum Gasteiger partial charge on any atom is 0 e. The minimum atomic E-state index is 0. The molecule has 0 saturated heterocycles. The third-order valence-corrected chi connectivity index (χ3v) is 0. The molecular weight excluding hydrogens is 329 g/mol. The van der Waals surface area contributed by atoms with E-state index >= 15 is 0 Å². The molecule has 6 heavy (non-hydrogen) atoms. The Hall–Kier alpha value is 1.26. The van der Waals surface area contributed by atoms with Gasteiger partial charge in [-0.25, -0.2) is 0 Å². The van der Waals surface area contributed by atoms with Crippen LogP contribution in [0.25, 0.3) is 0 Å². The van der Waals surface area contributed by atoms with E-state index in [4.69, 9.17) is 9.90 Å². The van der Waals surface area contributed by atoms with Crippen LogP contribution in [-0.4, -0.2) is 11.6 Å². The van der Waals surface area contributed by atoms with Crippen LogP contribution >= 0.6 is 0 Å². The quantitative estimate of drug-likeness (QED) is 0.637. The largest absolute Gasteiger partial charge is 0.665 e. The zero-order valence-electron chi connectivity index (χ0n) is 3.34. The first-order valence-electron chi connectivity index (χ1n) is 0.428. The fraction of sp³-hybridized carbons (Fsp3) is 0. The van der Waals surface area contributed by atoms with Gasteiger partial charge in [0.05, 0.1) is 0 Å². The smallest absolute Gasteiger partial charge is 0 e. The van der Waals surface area contributed by atoms with Gasteiger partial charge in [0.1, 0.15) is 0 Å². The van der Waals surface area contributed by atoms with E-state index < -0.39 is 0 Å². The summed E-state index contributed by atoms with van der Waals surface area (Å²) in [6.07, 6.45) is 0. The predicted molar refractivity (Wildman–Crippen MR) is 14.7 cm³/mol. The topological polar surface area (TPSA) is 37.3 Å². The minimum absolute atomic E-state index is 0. The van der Waals surface area contributed by atoms with Crippen LogP contribution < -0.4 is 0 Å². The van der Waals surface area contributed by atoms with E-state index in [0.717, 1.165) is 0 Å². The van der Waals surface area contributed by atoms with Crippen molar-refractivity contribution in [3.05, 3.63) is 7.43 Å². The van der Waals surface area contributed by atoms with Crippen LogP contribution in [0.5, 0.6) is 0 Å². The molecule has 0 aliphatic rings. The molecule has 0 aromatic carbocycles. The number of hydrogen-bond acceptors (Lipinski definition) is 1. The van der Waals surface area contributed by atoms with Crippen LogP contribution in [0.1, 0.15) is 0 Å². The second-order valence-electron chi connectivity index (χ2n) is 0.0913. The van der Waals surface area contributed by atoms with Gasteiger partial charge >= 0.3 is 0 Å². The van der Waals surface area contributed by atoms with Gasteiger partial charge in [-0.05, 0) is 0 Å². The standard InChI is InChI=1S/CHO2.CH3.W.Y/c2-1-3;;;/h(H,2,3);1H3;;/q2*-1;;. The fourth-order valence-corrected chi connectivity index (χ4v) is 0. The van der Waals surface area contributed by atoms with Gasteiger partial charge in [0, 0.05) is 53.8 Å². The van der Waals surface area contributed by atoms with Crippen molar-refractivity contribution in [2.24, 2.45) is 0 Å². The molecule has 0 rings (SSSR count). The van der Waals surface area contributed by atoms with Crippen LogP contribution in [0.3, 0.4) is 0 Å². The second-order valence-corrected chi connectivity index (χ2v) is 0.0913. The van der Waals surface area contributed by atoms with Crippen molar-refractivity contribution < 1.29 is 63.7 Å². The van der Waals surface area contributed by atoms with E-state index in [2.05, 4.69) is 0 Å². The molecule has 35 valence electrons. The SMILES string of the molecule is O=[C-]O.[CH3-].[W].[Y]. The molecule has 0 amide bonds. The predicted octanol–water partition coefficient (Wildman–Crippen LogP) is 0.0569. The Balaban J connectivity index is -0.00000000667. The summed E-state index contributed by atoms with van der Waals surface area (Å²) in [6, 6.07) is 0. The first kappa shape index (κ1) is 26.8. The van der Waals surface area contributed by atoms with Crippen molar-refractivity contribution in [3.8, 4) is 0 Å². The van der Waals surface area contributed by atoms with Crippen molar-refractivity contribution in [1.29, 1.82) is 0 Å². The van der Waals surface area contributed by atoms with E-state index in [1.54, 1.807) is 0 Å². The Morgan fingerprint density at radius 3 is 1.50 bits per heavy atom. The number of rotatable bonds is 0. The monoisotopic (exact) mass is 333 g/mol. The van der Waals surface area contributed by atoms with Gasteiger partial charge in [-0.2, -0.15) is 0 Å². The maximum absolute atomic E-state index is 8.24. The third-order valence-electron chi connectivity index (χ3n) is 0. The average molecular weight is 333 g/mol. The molecule has 1 radical (unpaired) electrons. The van der Waals surface area contributed by atoms with Crippen molar-refractivity contribution in [1.82, 2.24) is 0 Å². The van der Waals surface area contributed by atoms with Gasteiger partial charge in [0.2, 0.25) is 0 Å². The first-order valence-corrected chi connectivity index (χ1v) is 0.428. The Labute approximate surface area is 76.8 Å². The second kappa shape index (κ2) is 33.9. The first-order chi connectivity index (χ1) is 1.41. The Bertz CT molecular complexity index is 19.0. The summed E-state index contributed by atoms with van der Waals surface area (Å²) >= 11 is 0. The van der Waals surface area contributed by atoms with E-state index in [9.17, 15) is 0 Å². The molecule has 0 unspecified atom stereocenters. The molecule has 0 saturated carbocycles. The van der Waals surface area contributed by atoms with Crippen molar-refractivity contribution >= 4 is 6.47 Å². The van der Waals surface area contributed by atoms with Gasteiger partial charge in [0.15, 0.2) is 0 Å². The zero-order valence-corrected chi connectivity index (χ0v) is 9.11. The summed E-state index contributed by atoms with van der Waals surface area (Å²) in [5, 5.41) is 6.76. The summed E-state index contributed by atoms with van der Waals surface area (Å²) in [4.78, 5) is 8.24. The molecule has 2 nitrogen and oxygen atoms in total. The molecule has 0 aliphatic carbocycles. The molecule has 0 fully saturated rings. The van der Waals surface area contributed by atoms with Crippen LogP contribution in [0, 0.1) is 7.43 Å². The van der Waals surface area contributed by atoms with Gasteiger partial charge in [0.25, 0.3) is 0 Å². The van der Waals surface area contributed by atoms with E-state index in [0.29, 0.717) is 6.47 Å². The molecule has 0 heterocycles. The third kappa shape index (κ3) is 60.0. The molecule has 0 aromatic heterocycles. The maximum atomic E-state index is 8.24. The van der Waals surface area contributed by atoms with Crippen molar-refractivity contribution in [3.63, 3.8) is 0 Å². The normalized spacial score (nSPS) is 2.00. The summed E-state index contributed by atoms with van der Waals surface area (Å²) in [5.41, 5.74) is 0. The van der Waals surface area contributed by atoms with Gasteiger partial charge in [-0.15, -0.1) is 0 Å². The Morgan fingerprint density at radius 2 is 1.50 bits per heavy atom. The molecule has 0 aromatic rings. The molecule has 1 N–H and O–H groups in total. The molecule has 4 heteroatoms. The molecule has 0 atom stereocenters. The summed E-state index contributed by atoms with van der Waals surface area (Å²) in [5.74, 6) is 0. The van der Waals surface area contributed by atoms with Gasteiger partial charge < -0.3 is 17.3 Å². The summed E-state index contributed by atoms with van der Waals surface area (Å²) < 4.78 is 0. The molecule has 0 spiro atoms. The van der Waals surface area contributed by atoms with E-state index in [-0.39, 0.29) is 61.2 Å². The van der Waals surface area contributed by atoms with Crippen LogP contribution in [0.4, 0.5) is 0 Å². The molecule has 0 bridgehead atoms. The van der Waals surface area contributed by atoms with Gasteiger partial charge in [-0.1, -0.05) is 6.47 Å². The van der Waals surface area contributed by atoms with Gasteiger partial charge in [-0.3, -0.25) is 0 Å². The fourth-order valence-electron chi connectivity index (χ4n) is 0. The summed E-state index contributed by atoms with van der Waals surface area (Å²) in [7, 11) is 0. The van der Waals surface area contributed by atoms with Crippen LogP contribution in [0.15, 0.2) is 0 Å². The van der Waals surface area contributed by atoms with Crippen LogP contribution in [0.2, 0.25) is 0 Å². The Morgan fingerprint density at radius 1 is 1.50 bits per heavy atom. The summed E-state index contributed by atoms with van der Waals surface area (Å²) in [6.45, 7) is 0.500. The van der Waals surface area contributed by atoms with Crippen LogP contribution in [-0.2, 0) is 58.6 Å². The van der Waals surface area contributed by atoms with E-state index in [1.165, 1.54) is 0 Å². The Kier molecular flexibility index (Phi) is 151. The zero-order chi connectivity index (χ0) is 2.71. The minimum Gasteiger partial charge on any atom is -0.665 e. The number of aliphatic hydroxyl groups excluding tert-OH is 1. The van der Waals surface area contributed by atoms with E-state index in [1.807, 2.05) is 0 Å². The molecular formula is C2H4O2WY-2. The number of hydrogen-bond donors (Lipinski definition) is 1. The molecule has 0 aliphatic heterocycles. The average Bonchev–Trinajstić information content (AvgIpc) is 0.918. The van der Waals surface area contributed by atoms with Crippen molar-refractivity contribution in [2.45, 2.75) is 0 Å². The van der Waals surface area contributed by atoms with Crippen molar-refractivity contribution in [2.75, 3.05) is 0 Å².